The minimum Gasteiger partial charge on any atom is -0.480 e. The topological polar surface area (TPSA) is 67.4 Å². The van der Waals surface area contributed by atoms with Gasteiger partial charge in [-0.2, -0.15) is 0 Å². The van der Waals surface area contributed by atoms with Gasteiger partial charge in [0.05, 0.1) is 4.47 Å². The van der Waals surface area contributed by atoms with Gasteiger partial charge in [-0.15, -0.1) is 0 Å². The van der Waals surface area contributed by atoms with Gasteiger partial charge in [0.1, 0.15) is 5.75 Å². The number of halogens is 2. The number of carbonyl (C=O) groups excluding carboxylic acids is 2. The van der Waals surface area contributed by atoms with Crippen LogP contribution in [0.15, 0.2) is 53.0 Å². The molecule has 2 aromatic carbocycles. The van der Waals surface area contributed by atoms with Crippen molar-refractivity contribution in [1.29, 1.82) is 0 Å². The molecule has 7 heteroatoms. The summed E-state index contributed by atoms with van der Waals surface area (Å²) in [6, 6.07) is 13.5. The number of amides is 2. The Morgan fingerprint density at radius 3 is 2.48 bits per heavy atom. The van der Waals surface area contributed by atoms with Crippen LogP contribution in [0.5, 0.6) is 5.75 Å². The minimum atomic E-state index is -0.802. The molecule has 0 saturated heterocycles. The Hall–Kier alpha value is -2.05. The van der Waals surface area contributed by atoms with E-state index in [0.29, 0.717) is 20.8 Å². The first-order valence-electron chi connectivity index (χ1n) is 6.74. The molecule has 0 aliphatic carbocycles. The lowest BCUT2D eigenvalue weighted by atomic mass is 10.2. The average molecular weight is 398 g/mol. The summed E-state index contributed by atoms with van der Waals surface area (Å²) in [5, 5.41) is 0.552. The Morgan fingerprint density at radius 1 is 1.13 bits per heavy atom. The number of nitrogens with one attached hydrogen (secondary N) is 2. The summed E-state index contributed by atoms with van der Waals surface area (Å²) in [5.74, 6) is -0.401. The van der Waals surface area contributed by atoms with E-state index < -0.39 is 17.9 Å². The lowest BCUT2D eigenvalue weighted by molar-refractivity contribution is -0.128. The molecule has 0 radical (unpaired) electrons. The van der Waals surface area contributed by atoms with Crippen molar-refractivity contribution in [3.05, 3.63) is 63.6 Å². The zero-order valence-electron chi connectivity index (χ0n) is 12.2. The lowest BCUT2D eigenvalue weighted by Crippen LogP contribution is -2.47. The number of hydrogen-bond donors (Lipinski definition) is 2. The van der Waals surface area contributed by atoms with Gasteiger partial charge in [-0.25, -0.2) is 0 Å². The van der Waals surface area contributed by atoms with Crippen LogP contribution in [0.2, 0.25) is 5.02 Å². The second kappa shape index (κ2) is 7.99. The van der Waals surface area contributed by atoms with Crippen LogP contribution < -0.4 is 15.6 Å². The molecule has 0 aliphatic heterocycles. The van der Waals surface area contributed by atoms with E-state index in [0.717, 1.165) is 0 Å². The fourth-order valence-electron chi connectivity index (χ4n) is 1.70. The first-order valence-corrected chi connectivity index (χ1v) is 7.91. The molecule has 2 aromatic rings. The molecule has 120 valence electrons. The maximum Gasteiger partial charge on any atom is 0.279 e. The summed E-state index contributed by atoms with van der Waals surface area (Å²) < 4.78 is 6.17. The van der Waals surface area contributed by atoms with Gasteiger partial charge in [-0.05, 0) is 53.2 Å². The number of hydrogen-bond acceptors (Lipinski definition) is 3. The predicted octanol–water partition coefficient (Wildman–Crippen LogP) is 3.33. The Morgan fingerprint density at radius 2 is 1.83 bits per heavy atom. The number of benzene rings is 2. The Labute approximate surface area is 147 Å². The van der Waals surface area contributed by atoms with Gasteiger partial charge in [0.25, 0.3) is 11.8 Å². The van der Waals surface area contributed by atoms with E-state index in [1.807, 2.05) is 0 Å². The molecule has 23 heavy (non-hydrogen) atoms. The molecular weight excluding hydrogens is 384 g/mol. The molecule has 5 nitrogen and oxygen atoms in total. The molecule has 2 amide bonds. The first-order chi connectivity index (χ1) is 11.0. The molecule has 2 N–H and O–H groups in total. The van der Waals surface area contributed by atoms with E-state index in [1.165, 1.54) is 0 Å². The van der Waals surface area contributed by atoms with Crippen LogP contribution in [0.3, 0.4) is 0 Å². The van der Waals surface area contributed by atoms with E-state index in [2.05, 4.69) is 26.8 Å². The standard InChI is InChI=1S/C16H14BrClN2O3/c1-10(23-14-8-7-12(18)9-13(14)17)15(21)19-20-16(22)11-5-3-2-4-6-11/h2-10H,1H3,(H,19,21)(H,20,22)/t10-/m0/s1. The molecule has 0 spiro atoms. The zero-order chi connectivity index (χ0) is 16.8. The van der Waals surface area contributed by atoms with Crippen molar-refractivity contribution in [2.24, 2.45) is 0 Å². The average Bonchev–Trinajstić information content (AvgIpc) is 2.55. The molecule has 0 heterocycles. The van der Waals surface area contributed by atoms with Crippen molar-refractivity contribution < 1.29 is 14.3 Å². The summed E-state index contributed by atoms with van der Waals surface area (Å²) in [6.45, 7) is 1.57. The minimum absolute atomic E-state index is 0.404. The highest BCUT2D eigenvalue weighted by Gasteiger charge is 2.17. The van der Waals surface area contributed by atoms with Crippen molar-refractivity contribution in [3.63, 3.8) is 0 Å². The molecule has 0 bridgehead atoms. The summed E-state index contributed by atoms with van der Waals surface area (Å²) >= 11 is 9.15. The summed E-state index contributed by atoms with van der Waals surface area (Å²) in [5.41, 5.74) is 5.11. The number of carbonyl (C=O) groups is 2. The van der Waals surface area contributed by atoms with Gasteiger partial charge in [-0.1, -0.05) is 29.8 Å². The largest absolute Gasteiger partial charge is 0.480 e. The van der Waals surface area contributed by atoms with Gasteiger partial charge in [0, 0.05) is 10.6 Å². The third kappa shape index (κ3) is 4.97. The fraction of sp³-hybridized carbons (Fsp3) is 0.125. The normalized spacial score (nSPS) is 11.4. The van der Waals surface area contributed by atoms with Crippen molar-refractivity contribution in [1.82, 2.24) is 10.9 Å². The molecule has 0 unspecified atom stereocenters. The molecule has 2 rings (SSSR count). The second-order valence-electron chi connectivity index (χ2n) is 4.64. The second-order valence-corrected chi connectivity index (χ2v) is 5.93. The van der Waals surface area contributed by atoms with E-state index in [4.69, 9.17) is 16.3 Å². The first kappa shape index (κ1) is 17.3. The fourth-order valence-corrected chi connectivity index (χ4v) is 2.47. The van der Waals surface area contributed by atoms with Crippen molar-refractivity contribution in [2.75, 3.05) is 0 Å². The van der Waals surface area contributed by atoms with Crippen LogP contribution in [0.25, 0.3) is 0 Å². The van der Waals surface area contributed by atoms with E-state index in [-0.39, 0.29) is 0 Å². The van der Waals surface area contributed by atoms with Crippen molar-refractivity contribution in [2.45, 2.75) is 13.0 Å². The third-order valence-corrected chi connectivity index (χ3v) is 3.76. The summed E-state index contributed by atoms with van der Waals surface area (Å²) in [6.07, 6.45) is -0.802. The summed E-state index contributed by atoms with van der Waals surface area (Å²) in [4.78, 5) is 23.8. The van der Waals surface area contributed by atoms with Gasteiger partial charge in [0.15, 0.2) is 6.10 Å². The van der Waals surface area contributed by atoms with Crippen LogP contribution >= 0.6 is 27.5 Å². The van der Waals surface area contributed by atoms with Crippen LogP contribution in [0, 0.1) is 0 Å². The lowest BCUT2D eigenvalue weighted by Gasteiger charge is -2.16. The number of ether oxygens (including phenoxy) is 1. The molecule has 1 atom stereocenters. The van der Waals surface area contributed by atoms with Crippen LogP contribution in [0.4, 0.5) is 0 Å². The van der Waals surface area contributed by atoms with Gasteiger partial charge in [-0.3, -0.25) is 20.4 Å². The van der Waals surface area contributed by atoms with Crippen molar-refractivity contribution in [3.8, 4) is 5.75 Å². The van der Waals surface area contributed by atoms with Gasteiger partial charge >= 0.3 is 0 Å². The number of rotatable bonds is 4. The van der Waals surface area contributed by atoms with Crippen LogP contribution in [-0.4, -0.2) is 17.9 Å². The van der Waals surface area contributed by atoms with Gasteiger partial charge in [0.2, 0.25) is 0 Å². The van der Waals surface area contributed by atoms with Crippen LogP contribution in [-0.2, 0) is 4.79 Å². The monoisotopic (exact) mass is 396 g/mol. The highest BCUT2D eigenvalue weighted by molar-refractivity contribution is 9.10. The Kier molecular flexibility index (Phi) is 6.01. The molecular formula is C16H14BrClN2O3. The van der Waals surface area contributed by atoms with Gasteiger partial charge < -0.3 is 4.74 Å². The maximum atomic E-state index is 12.0. The zero-order valence-corrected chi connectivity index (χ0v) is 14.5. The SMILES string of the molecule is C[C@H](Oc1ccc(Cl)cc1Br)C(=O)NNC(=O)c1ccccc1. The smallest absolute Gasteiger partial charge is 0.279 e. The molecule has 0 saturated carbocycles. The molecule has 0 aromatic heterocycles. The Balaban J connectivity index is 1.89. The predicted molar refractivity (Wildman–Crippen MR) is 91.3 cm³/mol. The number of hydrazine groups is 1. The maximum absolute atomic E-state index is 12.0. The molecule has 0 aliphatic rings. The highest BCUT2D eigenvalue weighted by Crippen LogP contribution is 2.28. The van der Waals surface area contributed by atoms with E-state index in [9.17, 15) is 9.59 Å². The summed E-state index contributed by atoms with van der Waals surface area (Å²) in [7, 11) is 0. The third-order valence-electron chi connectivity index (χ3n) is 2.90. The molecule has 0 fully saturated rings. The van der Waals surface area contributed by atoms with Crippen LogP contribution in [0.1, 0.15) is 17.3 Å². The quantitative estimate of drug-likeness (QED) is 0.778. The highest BCUT2D eigenvalue weighted by atomic mass is 79.9. The van der Waals surface area contributed by atoms with E-state index in [1.54, 1.807) is 55.5 Å². The Bertz CT molecular complexity index is 710. The van der Waals surface area contributed by atoms with E-state index >= 15 is 0 Å². The van der Waals surface area contributed by atoms with Crippen molar-refractivity contribution >= 4 is 39.3 Å².